The summed E-state index contributed by atoms with van der Waals surface area (Å²) in [5, 5.41) is 0. The van der Waals surface area contributed by atoms with E-state index in [2.05, 4.69) is 20.6 Å². The summed E-state index contributed by atoms with van der Waals surface area (Å²) in [6, 6.07) is 0.643. The van der Waals surface area contributed by atoms with E-state index in [4.69, 9.17) is 0 Å². The number of nitrogens with zero attached hydrogens (tertiary/aromatic N) is 1. The smallest absolute Gasteiger partial charge is 0.149 e. The Morgan fingerprint density at radius 3 is 2.44 bits per heavy atom. The van der Waals surface area contributed by atoms with Crippen LogP contribution in [0.25, 0.3) is 0 Å². The first-order chi connectivity index (χ1) is 4.18. The molecule has 0 amide bonds. The zero-order valence-electron chi connectivity index (χ0n) is 6.85. The lowest BCUT2D eigenvalue weighted by molar-refractivity contribution is -0.526. The van der Waals surface area contributed by atoms with Gasteiger partial charge in [0.05, 0.1) is 0 Å². The summed E-state index contributed by atoms with van der Waals surface area (Å²) in [5.74, 6) is 0. The first-order valence-electron chi connectivity index (χ1n) is 3.71. The summed E-state index contributed by atoms with van der Waals surface area (Å²) in [6.07, 6.45) is 3.88. The Balaban J connectivity index is 3.27. The van der Waals surface area contributed by atoms with Crippen molar-refractivity contribution in [2.75, 3.05) is 7.05 Å². The fourth-order valence-electron chi connectivity index (χ4n) is 0.720. The zero-order chi connectivity index (χ0) is 7.28. The summed E-state index contributed by atoms with van der Waals surface area (Å²) < 4.78 is 2.02. The summed E-state index contributed by atoms with van der Waals surface area (Å²) in [6.45, 7) is 8.25. The van der Waals surface area contributed by atoms with Gasteiger partial charge >= 0.3 is 0 Å². The van der Waals surface area contributed by atoms with Crippen molar-refractivity contribution in [3.8, 4) is 0 Å². The molecule has 0 saturated heterocycles. The van der Waals surface area contributed by atoms with E-state index in [1.54, 1.807) is 0 Å². The van der Waals surface area contributed by atoms with E-state index in [-0.39, 0.29) is 0 Å². The average molecular weight is 128 g/mol. The van der Waals surface area contributed by atoms with Gasteiger partial charge in [-0.25, -0.2) is 4.58 Å². The highest BCUT2D eigenvalue weighted by atomic mass is 15.0. The molecule has 0 aromatic rings. The van der Waals surface area contributed by atoms with E-state index in [1.807, 2.05) is 11.6 Å². The van der Waals surface area contributed by atoms with Crippen LogP contribution in [-0.2, 0) is 0 Å². The van der Waals surface area contributed by atoms with Crippen LogP contribution >= 0.6 is 0 Å². The quantitative estimate of drug-likeness (QED) is 0.402. The van der Waals surface area contributed by atoms with Crippen molar-refractivity contribution in [2.45, 2.75) is 39.2 Å². The molecule has 0 spiro atoms. The molecule has 9 heavy (non-hydrogen) atoms. The molecule has 0 rings (SSSR count). The van der Waals surface area contributed by atoms with Crippen LogP contribution in [0, 0.1) is 0 Å². The Hall–Kier alpha value is -0.330. The van der Waals surface area contributed by atoms with Crippen molar-refractivity contribution < 1.29 is 4.58 Å². The molecule has 0 radical (unpaired) electrons. The topological polar surface area (TPSA) is 3.01 Å². The predicted octanol–water partition coefficient (Wildman–Crippen LogP) is 1.91. The molecule has 0 N–H and O–H groups in total. The van der Waals surface area contributed by atoms with E-state index in [1.165, 1.54) is 19.3 Å². The van der Waals surface area contributed by atoms with Gasteiger partial charge < -0.3 is 0 Å². The van der Waals surface area contributed by atoms with Crippen molar-refractivity contribution in [1.82, 2.24) is 0 Å². The first-order valence-corrected chi connectivity index (χ1v) is 3.71. The van der Waals surface area contributed by atoms with Gasteiger partial charge in [-0.2, -0.15) is 0 Å². The van der Waals surface area contributed by atoms with E-state index >= 15 is 0 Å². The van der Waals surface area contributed by atoms with Gasteiger partial charge in [-0.3, -0.25) is 0 Å². The van der Waals surface area contributed by atoms with Crippen molar-refractivity contribution in [1.29, 1.82) is 0 Å². The molecule has 0 fully saturated rings. The monoisotopic (exact) mass is 128 g/mol. The Morgan fingerprint density at radius 1 is 1.56 bits per heavy atom. The van der Waals surface area contributed by atoms with Crippen LogP contribution in [0.1, 0.15) is 33.1 Å². The van der Waals surface area contributed by atoms with Gasteiger partial charge in [0.25, 0.3) is 0 Å². The van der Waals surface area contributed by atoms with Crippen LogP contribution in [0.15, 0.2) is 0 Å². The second kappa shape index (κ2) is 4.54. The molecule has 0 bridgehead atoms. The van der Waals surface area contributed by atoms with Crippen LogP contribution in [0.3, 0.4) is 0 Å². The molecule has 54 valence electrons. The largest absolute Gasteiger partial charge is 0.243 e. The van der Waals surface area contributed by atoms with E-state index in [0.29, 0.717) is 6.04 Å². The maximum Gasteiger partial charge on any atom is 0.149 e. The minimum Gasteiger partial charge on any atom is -0.243 e. The third-order valence-electron chi connectivity index (χ3n) is 1.73. The highest BCUT2D eigenvalue weighted by Gasteiger charge is 2.05. The summed E-state index contributed by atoms with van der Waals surface area (Å²) in [5.41, 5.74) is 0. The van der Waals surface area contributed by atoms with E-state index in [0.717, 1.165) is 0 Å². The Kier molecular flexibility index (Phi) is 4.37. The van der Waals surface area contributed by atoms with Crippen molar-refractivity contribution in [2.24, 2.45) is 0 Å². The third kappa shape index (κ3) is 4.19. The molecule has 0 aliphatic carbocycles. The van der Waals surface area contributed by atoms with Gasteiger partial charge in [-0.15, -0.1) is 0 Å². The average Bonchev–Trinajstić information content (AvgIpc) is 1.82. The molecule has 0 aliphatic heterocycles. The molecule has 0 aliphatic rings. The van der Waals surface area contributed by atoms with E-state index < -0.39 is 0 Å². The Morgan fingerprint density at radius 2 is 2.11 bits per heavy atom. The van der Waals surface area contributed by atoms with Gasteiger partial charge in [0.15, 0.2) is 0 Å². The fraction of sp³-hybridized carbons (Fsp3) is 0.875. The lowest BCUT2D eigenvalue weighted by Crippen LogP contribution is -2.16. The fourth-order valence-corrected chi connectivity index (χ4v) is 0.720. The third-order valence-corrected chi connectivity index (χ3v) is 1.73. The predicted molar refractivity (Wildman–Crippen MR) is 42.3 cm³/mol. The van der Waals surface area contributed by atoms with Gasteiger partial charge in [0.2, 0.25) is 0 Å². The minimum absolute atomic E-state index is 0.643. The maximum atomic E-state index is 3.82. The van der Waals surface area contributed by atoms with Crippen molar-refractivity contribution in [3.05, 3.63) is 0 Å². The van der Waals surface area contributed by atoms with Gasteiger partial charge in [0, 0.05) is 6.42 Å². The normalized spacial score (nSPS) is 13.2. The van der Waals surface area contributed by atoms with Gasteiger partial charge in [-0.1, -0.05) is 13.3 Å². The number of unbranched alkanes of at least 4 members (excludes halogenated alkanes) is 1. The molecule has 0 aromatic heterocycles. The summed E-state index contributed by atoms with van der Waals surface area (Å²) in [4.78, 5) is 0. The van der Waals surface area contributed by atoms with Crippen molar-refractivity contribution >= 4 is 6.72 Å². The standard InChI is InChI=1S/C8H18N/c1-5-6-7-8(2)9(3)4/h8H,3,5-7H2,1-2,4H3/q+1. The lowest BCUT2D eigenvalue weighted by Gasteiger charge is -2.03. The molecule has 0 heterocycles. The highest BCUT2D eigenvalue weighted by molar-refractivity contribution is 5.14. The molecule has 1 heteroatoms. The second-order valence-corrected chi connectivity index (χ2v) is 2.75. The molecular formula is C8H18N+. The Labute approximate surface area is 58.4 Å². The zero-order valence-corrected chi connectivity index (χ0v) is 6.85. The maximum absolute atomic E-state index is 3.82. The van der Waals surface area contributed by atoms with Crippen LogP contribution in [0.5, 0.6) is 0 Å². The van der Waals surface area contributed by atoms with Crippen molar-refractivity contribution in [3.63, 3.8) is 0 Å². The number of rotatable bonds is 4. The number of hydrogen-bond donors (Lipinski definition) is 0. The van der Waals surface area contributed by atoms with Gasteiger partial charge in [-0.05, 0) is 13.3 Å². The molecular weight excluding hydrogens is 110 g/mol. The summed E-state index contributed by atoms with van der Waals surface area (Å²) in [7, 11) is 2.03. The number of hydrogen-bond acceptors (Lipinski definition) is 0. The summed E-state index contributed by atoms with van der Waals surface area (Å²) >= 11 is 0. The van der Waals surface area contributed by atoms with Gasteiger partial charge in [0.1, 0.15) is 19.8 Å². The first kappa shape index (κ1) is 8.67. The van der Waals surface area contributed by atoms with Crippen LogP contribution in [-0.4, -0.2) is 24.4 Å². The van der Waals surface area contributed by atoms with Crippen LogP contribution in [0.4, 0.5) is 0 Å². The molecule has 1 unspecified atom stereocenters. The van der Waals surface area contributed by atoms with E-state index in [9.17, 15) is 0 Å². The minimum atomic E-state index is 0.643. The SMILES string of the molecule is C=[N+](C)C(C)CCCC. The van der Waals surface area contributed by atoms with Crippen LogP contribution < -0.4 is 0 Å². The molecule has 1 atom stereocenters. The molecule has 0 aromatic carbocycles. The lowest BCUT2D eigenvalue weighted by atomic mass is 10.1. The highest BCUT2D eigenvalue weighted by Crippen LogP contribution is 2.00. The van der Waals surface area contributed by atoms with Crippen LogP contribution in [0.2, 0.25) is 0 Å². The molecule has 0 saturated carbocycles. The Bertz CT molecular complexity index is 86.6. The second-order valence-electron chi connectivity index (χ2n) is 2.75. The molecule has 1 nitrogen and oxygen atoms in total.